The van der Waals surface area contributed by atoms with Crippen LogP contribution < -0.4 is 4.74 Å². The van der Waals surface area contributed by atoms with Gasteiger partial charge in [-0.15, -0.1) is 0 Å². The van der Waals surface area contributed by atoms with Gasteiger partial charge in [-0.1, -0.05) is 45.1 Å². The SMILES string of the molecule is C=Cc1ccc(OC(C)(CCCC)OCCC)cc1. The Morgan fingerprint density at radius 3 is 2.37 bits per heavy atom. The van der Waals surface area contributed by atoms with Gasteiger partial charge in [-0.25, -0.2) is 0 Å². The van der Waals surface area contributed by atoms with Crippen LogP contribution in [0.3, 0.4) is 0 Å². The van der Waals surface area contributed by atoms with Crippen molar-refractivity contribution in [2.24, 2.45) is 0 Å². The maximum atomic E-state index is 6.05. The van der Waals surface area contributed by atoms with E-state index in [-0.39, 0.29) is 0 Å². The highest BCUT2D eigenvalue weighted by atomic mass is 16.7. The molecule has 0 aliphatic rings. The summed E-state index contributed by atoms with van der Waals surface area (Å²) in [7, 11) is 0. The number of hydrogen-bond acceptors (Lipinski definition) is 2. The van der Waals surface area contributed by atoms with E-state index in [1.807, 2.05) is 37.3 Å². The van der Waals surface area contributed by atoms with Crippen molar-refractivity contribution in [3.05, 3.63) is 36.4 Å². The van der Waals surface area contributed by atoms with Gasteiger partial charge in [-0.3, -0.25) is 0 Å². The van der Waals surface area contributed by atoms with Gasteiger partial charge in [0.2, 0.25) is 5.79 Å². The zero-order valence-electron chi connectivity index (χ0n) is 12.4. The maximum absolute atomic E-state index is 6.05. The molecule has 19 heavy (non-hydrogen) atoms. The lowest BCUT2D eigenvalue weighted by Crippen LogP contribution is -2.36. The molecular weight excluding hydrogens is 236 g/mol. The second-order valence-electron chi connectivity index (χ2n) is 4.96. The summed E-state index contributed by atoms with van der Waals surface area (Å²) in [6.45, 7) is 10.8. The predicted octanol–water partition coefficient (Wildman–Crippen LogP) is 5.04. The van der Waals surface area contributed by atoms with E-state index < -0.39 is 5.79 Å². The second-order valence-corrected chi connectivity index (χ2v) is 4.96. The number of rotatable bonds is 9. The molecule has 2 nitrogen and oxygen atoms in total. The molecule has 0 saturated heterocycles. The molecule has 0 fully saturated rings. The molecule has 0 spiro atoms. The Balaban J connectivity index is 2.70. The molecule has 0 saturated carbocycles. The quantitative estimate of drug-likeness (QED) is 0.580. The molecule has 0 aliphatic carbocycles. The summed E-state index contributed by atoms with van der Waals surface area (Å²) in [6, 6.07) is 7.94. The minimum Gasteiger partial charge on any atom is -0.463 e. The Labute approximate surface area is 117 Å². The summed E-state index contributed by atoms with van der Waals surface area (Å²) in [5.41, 5.74) is 1.09. The summed E-state index contributed by atoms with van der Waals surface area (Å²) in [4.78, 5) is 0. The molecule has 0 aliphatic heterocycles. The maximum Gasteiger partial charge on any atom is 0.207 e. The molecule has 1 rings (SSSR count). The Morgan fingerprint density at radius 2 is 1.84 bits per heavy atom. The molecule has 0 amide bonds. The lowest BCUT2D eigenvalue weighted by Gasteiger charge is -2.30. The van der Waals surface area contributed by atoms with Crippen LogP contribution in [0.25, 0.3) is 6.08 Å². The molecule has 1 aromatic rings. The number of unbranched alkanes of at least 4 members (excludes halogenated alkanes) is 1. The molecule has 1 unspecified atom stereocenters. The van der Waals surface area contributed by atoms with Crippen molar-refractivity contribution in [3.8, 4) is 5.75 Å². The van der Waals surface area contributed by atoms with Crippen molar-refractivity contribution in [2.75, 3.05) is 6.61 Å². The van der Waals surface area contributed by atoms with Crippen molar-refractivity contribution < 1.29 is 9.47 Å². The average molecular weight is 262 g/mol. The van der Waals surface area contributed by atoms with E-state index in [1.54, 1.807) is 0 Å². The molecule has 0 bridgehead atoms. The van der Waals surface area contributed by atoms with Crippen LogP contribution in [0.1, 0.15) is 52.0 Å². The number of hydrogen-bond donors (Lipinski definition) is 0. The van der Waals surface area contributed by atoms with E-state index in [1.165, 1.54) is 0 Å². The Morgan fingerprint density at radius 1 is 1.16 bits per heavy atom. The van der Waals surface area contributed by atoms with E-state index in [9.17, 15) is 0 Å². The van der Waals surface area contributed by atoms with E-state index in [0.717, 1.165) is 43.6 Å². The highest BCUT2D eigenvalue weighted by molar-refractivity contribution is 5.48. The molecule has 106 valence electrons. The van der Waals surface area contributed by atoms with Gasteiger partial charge in [0.1, 0.15) is 5.75 Å². The van der Waals surface area contributed by atoms with Gasteiger partial charge in [-0.05, 0) is 30.5 Å². The first-order chi connectivity index (χ1) is 9.13. The standard InChI is InChI=1S/C17H26O2/c1-5-8-13-17(4,18-14-6-2)19-16-11-9-15(7-3)10-12-16/h7,9-12H,3,5-6,8,13-14H2,1-2,4H3. The van der Waals surface area contributed by atoms with Gasteiger partial charge in [0.05, 0.1) is 6.61 Å². The average Bonchev–Trinajstić information content (AvgIpc) is 2.44. The van der Waals surface area contributed by atoms with Crippen molar-refractivity contribution in [1.82, 2.24) is 0 Å². The van der Waals surface area contributed by atoms with Crippen molar-refractivity contribution in [1.29, 1.82) is 0 Å². The fraction of sp³-hybridized carbons (Fsp3) is 0.529. The third-order valence-corrected chi connectivity index (χ3v) is 3.05. The molecular formula is C17H26O2. The molecule has 2 heteroatoms. The molecule has 1 aromatic carbocycles. The van der Waals surface area contributed by atoms with E-state index in [4.69, 9.17) is 9.47 Å². The van der Waals surface area contributed by atoms with Crippen molar-refractivity contribution >= 4 is 6.08 Å². The highest BCUT2D eigenvalue weighted by Crippen LogP contribution is 2.25. The first-order valence-corrected chi connectivity index (χ1v) is 7.19. The van der Waals surface area contributed by atoms with Gasteiger partial charge >= 0.3 is 0 Å². The Hall–Kier alpha value is -1.28. The highest BCUT2D eigenvalue weighted by Gasteiger charge is 2.26. The Bertz CT molecular complexity index is 359. The monoisotopic (exact) mass is 262 g/mol. The zero-order chi connectivity index (χ0) is 14.1. The molecule has 0 aromatic heterocycles. The van der Waals surface area contributed by atoms with Crippen LogP contribution in [0, 0.1) is 0 Å². The summed E-state index contributed by atoms with van der Waals surface area (Å²) in [5.74, 6) is 0.321. The predicted molar refractivity (Wildman–Crippen MR) is 81.3 cm³/mol. The number of benzene rings is 1. The van der Waals surface area contributed by atoms with Crippen LogP contribution in [0.2, 0.25) is 0 Å². The fourth-order valence-corrected chi connectivity index (χ4v) is 1.89. The van der Waals surface area contributed by atoms with Gasteiger partial charge < -0.3 is 9.47 Å². The summed E-state index contributed by atoms with van der Waals surface area (Å²) >= 11 is 0. The second kappa shape index (κ2) is 8.00. The van der Waals surface area contributed by atoms with Crippen LogP contribution in [-0.4, -0.2) is 12.4 Å². The first kappa shape index (κ1) is 15.8. The number of ether oxygens (including phenoxy) is 2. The zero-order valence-corrected chi connectivity index (χ0v) is 12.4. The smallest absolute Gasteiger partial charge is 0.207 e. The Kier molecular flexibility index (Phi) is 6.65. The van der Waals surface area contributed by atoms with Crippen molar-refractivity contribution in [3.63, 3.8) is 0 Å². The lowest BCUT2D eigenvalue weighted by molar-refractivity contribution is -0.175. The molecule has 0 radical (unpaired) electrons. The van der Waals surface area contributed by atoms with Crippen LogP contribution in [0.4, 0.5) is 0 Å². The van der Waals surface area contributed by atoms with Crippen molar-refractivity contribution in [2.45, 2.75) is 52.2 Å². The minimum absolute atomic E-state index is 0.526. The summed E-state index contributed by atoms with van der Waals surface area (Å²) in [5, 5.41) is 0. The van der Waals surface area contributed by atoms with Crippen LogP contribution in [-0.2, 0) is 4.74 Å². The van der Waals surface area contributed by atoms with Crippen LogP contribution in [0.15, 0.2) is 30.8 Å². The van der Waals surface area contributed by atoms with Crippen LogP contribution >= 0.6 is 0 Å². The summed E-state index contributed by atoms with van der Waals surface area (Å²) in [6.07, 6.45) is 5.98. The molecule has 0 N–H and O–H groups in total. The van der Waals surface area contributed by atoms with E-state index in [2.05, 4.69) is 20.4 Å². The van der Waals surface area contributed by atoms with Gasteiger partial charge in [0, 0.05) is 13.3 Å². The van der Waals surface area contributed by atoms with Gasteiger partial charge in [0.15, 0.2) is 0 Å². The van der Waals surface area contributed by atoms with E-state index >= 15 is 0 Å². The minimum atomic E-state index is -0.526. The topological polar surface area (TPSA) is 18.5 Å². The van der Waals surface area contributed by atoms with Gasteiger partial charge in [-0.2, -0.15) is 0 Å². The summed E-state index contributed by atoms with van der Waals surface area (Å²) < 4.78 is 11.9. The first-order valence-electron chi connectivity index (χ1n) is 7.19. The van der Waals surface area contributed by atoms with E-state index in [0.29, 0.717) is 0 Å². The molecule has 1 atom stereocenters. The van der Waals surface area contributed by atoms with Gasteiger partial charge in [0.25, 0.3) is 0 Å². The van der Waals surface area contributed by atoms with Crippen LogP contribution in [0.5, 0.6) is 5.75 Å². The molecule has 0 heterocycles. The lowest BCUT2D eigenvalue weighted by atomic mass is 10.1. The fourth-order valence-electron chi connectivity index (χ4n) is 1.89. The largest absolute Gasteiger partial charge is 0.463 e. The third-order valence-electron chi connectivity index (χ3n) is 3.05. The normalized spacial score (nSPS) is 13.8. The third kappa shape index (κ3) is 5.48.